The van der Waals surface area contributed by atoms with Crippen molar-refractivity contribution in [1.82, 2.24) is 14.8 Å². The number of likely N-dealkylation sites (tertiary alicyclic amines) is 1. The standard InChI is InChI=1S/C22H25N3O4/c1-2-23-20(26)13-24-10-14-7-18(12-24)19-8-17(9-21(27)25(19)11-14)15-3-5-16(6-4-15)22(28)29/h3-6,8-9,14,18H,2,7,10-13H2,1H3,(H,23,26)(H,28,29)/t14-,18+/m0/s1. The summed E-state index contributed by atoms with van der Waals surface area (Å²) in [5, 5.41) is 11.9. The number of nitrogens with zero attached hydrogens (tertiary/aromatic N) is 2. The Bertz CT molecular complexity index is 996. The number of amides is 1. The number of carboxylic acids is 1. The zero-order valence-corrected chi connectivity index (χ0v) is 16.4. The molecule has 2 atom stereocenters. The maximum atomic E-state index is 12.8. The number of carboxylic acid groups (broad SMARTS) is 1. The van der Waals surface area contributed by atoms with Gasteiger partial charge in [-0.15, -0.1) is 0 Å². The predicted octanol–water partition coefficient (Wildman–Crippen LogP) is 1.77. The molecule has 1 amide bonds. The average Bonchev–Trinajstić information content (AvgIpc) is 2.69. The van der Waals surface area contributed by atoms with Gasteiger partial charge >= 0.3 is 5.97 Å². The fraction of sp³-hybridized carbons (Fsp3) is 0.409. The lowest BCUT2D eigenvalue weighted by Gasteiger charge is -2.42. The van der Waals surface area contributed by atoms with Crippen LogP contribution in [0.25, 0.3) is 11.1 Å². The van der Waals surface area contributed by atoms with Crippen molar-refractivity contribution in [2.24, 2.45) is 5.92 Å². The van der Waals surface area contributed by atoms with Gasteiger partial charge in [-0.25, -0.2) is 4.79 Å². The van der Waals surface area contributed by atoms with E-state index < -0.39 is 5.97 Å². The summed E-state index contributed by atoms with van der Waals surface area (Å²) in [6.07, 6.45) is 1.02. The highest BCUT2D eigenvalue weighted by molar-refractivity contribution is 5.88. The quantitative estimate of drug-likeness (QED) is 0.805. The molecule has 1 aromatic carbocycles. The second-order valence-corrected chi connectivity index (χ2v) is 7.95. The van der Waals surface area contributed by atoms with E-state index in [4.69, 9.17) is 5.11 Å². The molecule has 1 aromatic heterocycles. The van der Waals surface area contributed by atoms with E-state index in [1.807, 2.05) is 17.6 Å². The summed E-state index contributed by atoms with van der Waals surface area (Å²) in [6.45, 7) is 5.19. The molecule has 2 aromatic rings. The number of benzene rings is 1. The summed E-state index contributed by atoms with van der Waals surface area (Å²) in [5.74, 6) is -0.350. The molecule has 2 aliphatic rings. The van der Waals surface area contributed by atoms with Crippen molar-refractivity contribution >= 4 is 11.9 Å². The maximum absolute atomic E-state index is 12.8. The van der Waals surface area contributed by atoms with Crippen molar-refractivity contribution in [2.45, 2.75) is 25.8 Å². The highest BCUT2D eigenvalue weighted by Crippen LogP contribution is 2.36. The van der Waals surface area contributed by atoms with E-state index in [9.17, 15) is 14.4 Å². The molecule has 2 aliphatic heterocycles. The molecule has 1 fully saturated rings. The molecule has 7 nitrogen and oxygen atoms in total. The van der Waals surface area contributed by atoms with Crippen molar-refractivity contribution < 1.29 is 14.7 Å². The van der Waals surface area contributed by atoms with Crippen molar-refractivity contribution in [2.75, 3.05) is 26.2 Å². The van der Waals surface area contributed by atoms with Gasteiger partial charge in [-0.3, -0.25) is 14.5 Å². The van der Waals surface area contributed by atoms with E-state index in [0.717, 1.165) is 36.3 Å². The minimum atomic E-state index is -0.970. The maximum Gasteiger partial charge on any atom is 0.335 e. The predicted molar refractivity (Wildman–Crippen MR) is 109 cm³/mol. The lowest BCUT2D eigenvalue weighted by molar-refractivity contribution is -0.122. The van der Waals surface area contributed by atoms with Gasteiger partial charge in [0.05, 0.1) is 12.1 Å². The van der Waals surface area contributed by atoms with Crippen LogP contribution in [-0.2, 0) is 11.3 Å². The molecular formula is C22H25N3O4. The monoisotopic (exact) mass is 395 g/mol. The third kappa shape index (κ3) is 3.96. The number of piperidine rings is 1. The van der Waals surface area contributed by atoms with E-state index in [0.29, 0.717) is 25.6 Å². The fourth-order valence-electron chi connectivity index (χ4n) is 4.62. The Balaban J connectivity index is 1.62. The van der Waals surface area contributed by atoms with Crippen LogP contribution in [0.5, 0.6) is 0 Å². The van der Waals surface area contributed by atoms with Crippen molar-refractivity contribution in [3.05, 3.63) is 58.0 Å². The van der Waals surface area contributed by atoms with Crippen molar-refractivity contribution in [3.8, 4) is 11.1 Å². The molecule has 0 radical (unpaired) electrons. The number of hydrogen-bond acceptors (Lipinski definition) is 4. The zero-order valence-electron chi connectivity index (χ0n) is 16.4. The highest BCUT2D eigenvalue weighted by atomic mass is 16.4. The normalized spacial score (nSPS) is 20.7. The Morgan fingerprint density at radius 2 is 1.86 bits per heavy atom. The Morgan fingerprint density at radius 1 is 1.10 bits per heavy atom. The van der Waals surface area contributed by atoms with Crippen LogP contribution in [-0.4, -0.2) is 52.6 Å². The molecule has 29 heavy (non-hydrogen) atoms. The fourth-order valence-corrected chi connectivity index (χ4v) is 4.62. The molecule has 3 heterocycles. The second kappa shape index (κ2) is 7.83. The minimum absolute atomic E-state index is 0.0216. The van der Waals surface area contributed by atoms with Crippen LogP contribution in [0, 0.1) is 5.92 Å². The van der Waals surface area contributed by atoms with Gasteiger partial charge in [-0.2, -0.15) is 0 Å². The summed E-state index contributed by atoms with van der Waals surface area (Å²) in [4.78, 5) is 38.1. The molecule has 4 rings (SSSR count). The molecule has 0 unspecified atom stereocenters. The van der Waals surface area contributed by atoms with Gasteiger partial charge in [0.25, 0.3) is 5.56 Å². The molecule has 1 saturated heterocycles. The summed E-state index contributed by atoms with van der Waals surface area (Å²) in [5.41, 5.74) is 2.84. The number of aromatic carboxylic acids is 1. The van der Waals surface area contributed by atoms with Crippen molar-refractivity contribution in [3.63, 3.8) is 0 Å². The van der Waals surface area contributed by atoms with Gasteiger partial charge in [-0.1, -0.05) is 12.1 Å². The number of carbonyl (C=O) groups excluding carboxylic acids is 1. The second-order valence-electron chi connectivity index (χ2n) is 7.95. The molecule has 2 bridgehead atoms. The van der Waals surface area contributed by atoms with Crippen LogP contribution in [0.15, 0.2) is 41.2 Å². The number of fused-ring (bicyclic) bond motifs is 4. The molecular weight excluding hydrogens is 370 g/mol. The Morgan fingerprint density at radius 3 is 2.55 bits per heavy atom. The lowest BCUT2D eigenvalue weighted by atomic mass is 9.82. The van der Waals surface area contributed by atoms with Crippen LogP contribution >= 0.6 is 0 Å². The van der Waals surface area contributed by atoms with E-state index in [2.05, 4.69) is 10.2 Å². The first-order chi connectivity index (χ1) is 13.9. The number of carbonyl (C=O) groups is 2. The first-order valence-electron chi connectivity index (χ1n) is 10.0. The summed E-state index contributed by atoms with van der Waals surface area (Å²) < 4.78 is 1.87. The Kier molecular flexibility index (Phi) is 5.24. The Labute approximate surface area is 169 Å². The summed E-state index contributed by atoms with van der Waals surface area (Å²) in [7, 11) is 0. The van der Waals surface area contributed by atoms with Crippen molar-refractivity contribution in [1.29, 1.82) is 0 Å². The highest BCUT2D eigenvalue weighted by Gasteiger charge is 2.35. The minimum Gasteiger partial charge on any atom is -0.478 e. The molecule has 152 valence electrons. The van der Waals surface area contributed by atoms with Crippen LogP contribution in [0.1, 0.15) is 35.3 Å². The van der Waals surface area contributed by atoms with E-state index >= 15 is 0 Å². The van der Waals surface area contributed by atoms with Crippen LogP contribution in [0.4, 0.5) is 0 Å². The molecule has 0 saturated carbocycles. The number of rotatable bonds is 5. The molecule has 0 spiro atoms. The first kappa shape index (κ1) is 19.4. The van der Waals surface area contributed by atoms with Gasteiger partial charge in [0.1, 0.15) is 0 Å². The Hall–Kier alpha value is -2.93. The average molecular weight is 395 g/mol. The van der Waals surface area contributed by atoms with E-state index in [-0.39, 0.29) is 22.9 Å². The van der Waals surface area contributed by atoms with E-state index in [1.165, 1.54) is 0 Å². The van der Waals surface area contributed by atoms with Crippen LogP contribution < -0.4 is 10.9 Å². The summed E-state index contributed by atoms with van der Waals surface area (Å²) >= 11 is 0. The lowest BCUT2D eigenvalue weighted by Crippen LogP contribution is -2.49. The third-order valence-electron chi connectivity index (χ3n) is 5.84. The SMILES string of the molecule is CCNC(=O)CN1C[C@@H]2C[C@H](C1)c1cc(-c3ccc(C(=O)O)cc3)cc(=O)n1C2. The molecule has 7 heteroatoms. The number of hydrogen-bond donors (Lipinski definition) is 2. The number of aromatic nitrogens is 1. The molecule has 0 aliphatic carbocycles. The molecule has 2 N–H and O–H groups in total. The number of pyridine rings is 1. The van der Waals surface area contributed by atoms with Gasteiger partial charge in [0.15, 0.2) is 0 Å². The number of likely N-dealkylation sites (N-methyl/N-ethyl adjacent to an activating group) is 1. The van der Waals surface area contributed by atoms with Gasteiger partial charge in [0, 0.05) is 43.9 Å². The number of nitrogens with one attached hydrogen (secondary N) is 1. The third-order valence-corrected chi connectivity index (χ3v) is 5.84. The van der Waals surface area contributed by atoms with Crippen LogP contribution in [0.3, 0.4) is 0 Å². The van der Waals surface area contributed by atoms with E-state index in [1.54, 1.807) is 30.3 Å². The van der Waals surface area contributed by atoms with Gasteiger partial charge in [-0.05, 0) is 48.6 Å². The van der Waals surface area contributed by atoms with Crippen LogP contribution in [0.2, 0.25) is 0 Å². The van der Waals surface area contributed by atoms with Gasteiger partial charge < -0.3 is 15.0 Å². The largest absolute Gasteiger partial charge is 0.478 e. The smallest absolute Gasteiger partial charge is 0.335 e. The summed E-state index contributed by atoms with van der Waals surface area (Å²) in [6, 6.07) is 10.3. The van der Waals surface area contributed by atoms with Gasteiger partial charge in [0.2, 0.25) is 5.91 Å². The first-order valence-corrected chi connectivity index (χ1v) is 10.0. The zero-order chi connectivity index (χ0) is 20.5. The topological polar surface area (TPSA) is 91.6 Å².